The third-order valence-corrected chi connectivity index (χ3v) is 4.25. The molecule has 2 atom stereocenters. The van der Waals surface area contributed by atoms with Crippen LogP contribution in [0.25, 0.3) is 0 Å². The molecule has 4 heteroatoms. The van der Waals surface area contributed by atoms with Crippen LogP contribution < -0.4 is 10.2 Å². The molecule has 0 aromatic heterocycles. The van der Waals surface area contributed by atoms with Crippen LogP contribution >= 0.6 is 0 Å². The number of hydrogen-bond donors (Lipinski definition) is 1. The highest BCUT2D eigenvalue weighted by Crippen LogP contribution is 2.27. The molecule has 20 heavy (non-hydrogen) atoms. The first-order valence-electron chi connectivity index (χ1n) is 7.65. The van der Waals surface area contributed by atoms with Crippen molar-refractivity contribution in [2.75, 3.05) is 29.9 Å². The fourth-order valence-corrected chi connectivity index (χ4v) is 3.18. The molecule has 1 aromatic rings. The standard InChI is InChI=1S/C16H23FN2O/c1-12-10-14(6-9-20-12)18-13-4-5-16(15(17)11-13)19-7-2-3-8-19/h4-5,11-12,14,18H,2-3,6-10H2,1H3. The molecule has 1 N–H and O–H groups in total. The Morgan fingerprint density at radius 3 is 2.80 bits per heavy atom. The smallest absolute Gasteiger partial charge is 0.148 e. The van der Waals surface area contributed by atoms with E-state index in [4.69, 9.17) is 4.74 Å². The van der Waals surface area contributed by atoms with Crippen molar-refractivity contribution in [2.45, 2.75) is 44.8 Å². The zero-order valence-corrected chi connectivity index (χ0v) is 12.1. The summed E-state index contributed by atoms with van der Waals surface area (Å²) in [5.74, 6) is -0.114. The number of nitrogens with one attached hydrogen (secondary N) is 1. The highest BCUT2D eigenvalue weighted by molar-refractivity contribution is 5.57. The number of nitrogens with zero attached hydrogens (tertiary/aromatic N) is 1. The largest absolute Gasteiger partial charge is 0.382 e. The van der Waals surface area contributed by atoms with E-state index in [1.165, 1.54) is 12.8 Å². The Labute approximate surface area is 120 Å². The topological polar surface area (TPSA) is 24.5 Å². The number of hydrogen-bond acceptors (Lipinski definition) is 3. The molecule has 0 radical (unpaired) electrons. The van der Waals surface area contributed by atoms with Gasteiger partial charge in [0.15, 0.2) is 0 Å². The van der Waals surface area contributed by atoms with Gasteiger partial charge in [-0.2, -0.15) is 0 Å². The second-order valence-corrected chi connectivity index (χ2v) is 5.91. The Kier molecular flexibility index (Phi) is 4.10. The van der Waals surface area contributed by atoms with Crippen molar-refractivity contribution >= 4 is 11.4 Å². The highest BCUT2D eigenvalue weighted by Gasteiger charge is 2.20. The lowest BCUT2D eigenvalue weighted by atomic mass is 10.0. The van der Waals surface area contributed by atoms with Gasteiger partial charge in [0.2, 0.25) is 0 Å². The average Bonchev–Trinajstić information content (AvgIpc) is 2.92. The van der Waals surface area contributed by atoms with Crippen LogP contribution in [0.1, 0.15) is 32.6 Å². The molecule has 0 amide bonds. The number of anilines is 2. The summed E-state index contributed by atoms with van der Waals surface area (Å²) in [4.78, 5) is 2.13. The van der Waals surface area contributed by atoms with Crippen LogP contribution in [-0.4, -0.2) is 31.8 Å². The molecule has 110 valence electrons. The van der Waals surface area contributed by atoms with Gasteiger partial charge in [0.1, 0.15) is 5.82 Å². The minimum absolute atomic E-state index is 0.114. The van der Waals surface area contributed by atoms with Gasteiger partial charge in [-0.05, 0) is 50.8 Å². The maximum atomic E-state index is 14.2. The predicted octanol–water partition coefficient (Wildman–Crippen LogP) is 3.41. The van der Waals surface area contributed by atoms with Crippen LogP contribution in [0.2, 0.25) is 0 Å². The molecule has 1 aromatic carbocycles. The molecule has 3 rings (SSSR count). The van der Waals surface area contributed by atoms with Gasteiger partial charge in [0.25, 0.3) is 0 Å². The molecule has 0 saturated carbocycles. The first kappa shape index (κ1) is 13.7. The van der Waals surface area contributed by atoms with Crippen LogP contribution in [0.4, 0.5) is 15.8 Å². The van der Waals surface area contributed by atoms with Gasteiger partial charge < -0.3 is 15.0 Å². The Morgan fingerprint density at radius 1 is 1.30 bits per heavy atom. The molecule has 2 aliphatic rings. The SMILES string of the molecule is CC1CC(Nc2ccc(N3CCCC3)c(F)c2)CCO1. The van der Waals surface area contributed by atoms with E-state index < -0.39 is 0 Å². The molecule has 0 spiro atoms. The zero-order chi connectivity index (χ0) is 13.9. The first-order chi connectivity index (χ1) is 9.72. The van der Waals surface area contributed by atoms with Crippen molar-refractivity contribution in [3.63, 3.8) is 0 Å². The van der Waals surface area contributed by atoms with E-state index in [-0.39, 0.29) is 11.9 Å². The van der Waals surface area contributed by atoms with Crippen LogP contribution in [0.5, 0.6) is 0 Å². The van der Waals surface area contributed by atoms with Crippen LogP contribution in [0, 0.1) is 5.82 Å². The maximum Gasteiger partial charge on any atom is 0.148 e. The van der Waals surface area contributed by atoms with Gasteiger partial charge in [0, 0.05) is 31.4 Å². The fourth-order valence-electron chi connectivity index (χ4n) is 3.18. The second-order valence-electron chi connectivity index (χ2n) is 5.91. The van der Waals surface area contributed by atoms with E-state index in [0.717, 1.165) is 43.9 Å². The summed E-state index contributed by atoms with van der Waals surface area (Å²) in [6.45, 7) is 4.82. The van der Waals surface area contributed by atoms with E-state index in [2.05, 4.69) is 17.1 Å². The van der Waals surface area contributed by atoms with Gasteiger partial charge in [-0.25, -0.2) is 4.39 Å². The summed E-state index contributed by atoms with van der Waals surface area (Å²) < 4.78 is 19.8. The van der Waals surface area contributed by atoms with E-state index in [0.29, 0.717) is 6.04 Å². The number of rotatable bonds is 3. The van der Waals surface area contributed by atoms with Gasteiger partial charge in [0.05, 0.1) is 11.8 Å². The number of halogens is 1. The highest BCUT2D eigenvalue weighted by atomic mass is 19.1. The quantitative estimate of drug-likeness (QED) is 0.917. The lowest BCUT2D eigenvalue weighted by Gasteiger charge is -2.29. The lowest BCUT2D eigenvalue weighted by molar-refractivity contribution is 0.0232. The molecular weight excluding hydrogens is 255 g/mol. The minimum atomic E-state index is -0.114. The number of benzene rings is 1. The molecule has 2 heterocycles. The summed E-state index contributed by atoms with van der Waals surface area (Å²) in [6, 6.07) is 5.92. The normalized spacial score (nSPS) is 26.8. The van der Waals surface area contributed by atoms with E-state index in [1.54, 1.807) is 6.07 Å². The van der Waals surface area contributed by atoms with Gasteiger partial charge in [-0.1, -0.05) is 0 Å². The summed E-state index contributed by atoms with van der Waals surface area (Å²) in [7, 11) is 0. The van der Waals surface area contributed by atoms with Crippen molar-refractivity contribution in [1.82, 2.24) is 0 Å². The van der Waals surface area contributed by atoms with Crippen molar-refractivity contribution in [3.05, 3.63) is 24.0 Å². The maximum absolute atomic E-state index is 14.2. The van der Waals surface area contributed by atoms with Gasteiger partial charge >= 0.3 is 0 Å². The lowest BCUT2D eigenvalue weighted by Crippen LogP contribution is -2.32. The van der Waals surface area contributed by atoms with Crippen molar-refractivity contribution < 1.29 is 9.13 Å². The summed E-state index contributed by atoms with van der Waals surface area (Å²) in [6.07, 6.45) is 4.59. The Hall–Kier alpha value is -1.29. The van der Waals surface area contributed by atoms with Crippen molar-refractivity contribution in [2.24, 2.45) is 0 Å². The Morgan fingerprint density at radius 2 is 2.10 bits per heavy atom. The fraction of sp³-hybridized carbons (Fsp3) is 0.625. The van der Waals surface area contributed by atoms with Gasteiger partial charge in [-0.15, -0.1) is 0 Å². The van der Waals surface area contributed by atoms with Crippen molar-refractivity contribution in [3.8, 4) is 0 Å². The minimum Gasteiger partial charge on any atom is -0.382 e. The average molecular weight is 278 g/mol. The third kappa shape index (κ3) is 3.06. The summed E-state index contributed by atoms with van der Waals surface area (Å²) >= 11 is 0. The van der Waals surface area contributed by atoms with Crippen LogP contribution in [0.15, 0.2) is 18.2 Å². The molecule has 2 saturated heterocycles. The third-order valence-electron chi connectivity index (χ3n) is 4.25. The Bertz CT molecular complexity index is 460. The Balaban J connectivity index is 1.67. The van der Waals surface area contributed by atoms with Gasteiger partial charge in [-0.3, -0.25) is 0 Å². The second kappa shape index (κ2) is 6.00. The van der Waals surface area contributed by atoms with Crippen molar-refractivity contribution in [1.29, 1.82) is 0 Å². The molecule has 3 nitrogen and oxygen atoms in total. The predicted molar refractivity (Wildman–Crippen MR) is 79.9 cm³/mol. The molecule has 2 aliphatic heterocycles. The monoisotopic (exact) mass is 278 g/mol. The summed E-state index contributed by atoms with van der Waals surface area (Å²) in [5.41, 5.74) is 1.62. The zero-order valence-electron chi connectivity index (χ0n) is 12.1. The molecule has 0 aliphatic carbocycles. The van der Waals surface area contributed by atoms with Crippen LogP contribution in [-0.2, 0) is 4.74 Å². The van der Waals surface area contributed by atoms with E-state index in [9.17, 15) is 4.39 Å². The van der Waals surface area contributed by atoms with E-state index in [1.807, 2.05) is 12.1 Å². The first-order valence-corrected chi connectivity index (χ1v) is 7.65. The van der Waals surface area contributed by atoms with E-state index >= 15 is 0 Å². The molecule has 0 bridgehead atoms. The summed E-state index contributed by atoms with van der Waals surface area (Å²) in [5, 5.41) is 3.43. The van der Waals surface area contributed by atoms with Crippen LogP contribution in [0.3, 0.4) is 0 Å². The molecule has 2 unspecified atom stereocenters. The number of ether oxygens (including phenoxy) is 1. The molecular formula is C16H23FN2O. The molecule has 2 fully saturated rings.